The Balaban J connectivity index is 3.70. The second kappa shape index (κ2) is 6.60. The van der Waals surface area contributed by atoms with Gasteiger partial charge in [-0.2, -0.15) is 0 Å². The third-order valence-electron chi connectivity index (χ3n) is 2.08. The fourth-order valence-electron chi connectivity index (χ4n) is 0.814. The Bertz CT molecular complexity index is 201. The average molecular weight is 199 g/mol. The first-order chi connectivity index (χ1) is 6.47. The fraction of sp³-hybridized carbons (Fsp3) is 0.727. The Hall–Kier alpha value is -0.830. The van der Waals surface area contributed by atoms with Gasteiger partial charge in [-0.25, -0.2) is 4.79 Å². The molecule has 14 heavy (non-hydrogen) atoms. The van der Waals surface area contributed by atoms with E-state index in [4.69, 9.17) is 4.74 Å². The maximum absolute atomic E-state index is 11.1. The molecule has 82 valence electrons. The lowest BCUT2D eigenvalue weighted by atomic mass is 10.1. The zero-order valence-corrected chi connectivity index (χ0v) is 9.59. The first-order valence-corrected chi connectivity index (χ1v) is 5.07. The number of rotatable bonds is 6. The van der Waals surface area contributed by atoms with Crippen molar-refractivity contribution in [1.29, 1.82) is 0 Å². The van der Waals surface area contributed by atoms with Crippen LogP contribution in [0.3, 0.4) is 0 Å². The first-order valence-electron chi connectivity index (χ1n) is 5.07. The minimum atomic E-state index is -0.339. The van der Waals surface area contributed by atoms with E-state index in [1.165, 1.54) is 0 Å². The molecule has 0 aliphatic heterocycles. The van der Waals surface area contributed by atoms with Gasteiger partial charge in [-0.05, 0) is 19.8 Å². The van der Waals surface area contributed by atoms with Crippen LogP contribution in [0.4, 0.5) is 0 Å². The van der Waals surface area contributed by atoms with Crippen LogP contribution in [0.5, 0.6) is 0 Å². The summed E-state index contributed by atoms with van der Waals surface area (Å²) in [6.07, 6.45) is 0.877. The Kier molecular flexibility index (Phi) is 6.21. The van der Waals surface area contributed by atoms with Gasteiger partial charge in [0.2, 0.25) is 0 Å². The molecule has 1 N–H and O–H groups in total. The van der Waals surface area contributed by atoms with Gasteiger partial charge in [-0.15, -0.1) is 0 Å². The van der Waals surface area contributed by atoms with E-state index in [0.717, 1.165) is 13.0 Å². The second-order valence-electron chi connectivity index (χ2n) is 3.75. The lowest BCUT2D eigenvalue weighted by Gasteiger charge is -2.17. The van der Waals surface area contributed by atoms with E-state index in [-0.39, 0.29) is 12.2 Å². The van der Waals surface area contributed by atoms with Crippen LogP contribution in [-0.2, 0) is 9.53 Å². The summed E-state index contributed by atoms with van der Waals surface area (Å²) in [5.74, 6) is 0.259. The van der Waals surface area contributed by atoms with Gasteiger partial charge in [0.05, 0.1) is 0 Å². The minimum absolute atomic E-state index is 0.242. The lowest BCUT2D eigenvalue weighted by Crippen LogP contribution is -2.34. The summed E-state index contributed by atoms with van der Waals surface area (Å²) in [5, 5.41) is 3.13. The van der Waals surface area contributed by atoms with Gasteiger partial charge in [0.1, 0.15) is 0 Å². The number of carbonyl (C=O) groups is 1. The van der Waals surface area contributed by atoms with Crippen molar-refractivity contribution in [3.63, 3.8) is 0 Å². The molecule has 0 aliphatic rings. The highest BCUT2D eigenvalue weighted by Gasteiger charge is 2.09. The number of hydrogen-bond acceptors (Lipinski definition) is 3. The molecular formula is C11H21NO2. The number of hydrogen-bond donors (Lipinski definition) is 1. The molecule has 2 unspecified atom stereocenters. The molecule has 3 heteroatoms. The summed E-state index contributed by atoms with van der Waals surface area (Å²) in [6.45, 7) is 12.1. The molecule has 0 rings (SSSR count). The molecule has 0 aromatic heterocycles. The lowest BCUT2D eigenvalue weighted by molar-refractivity contribution is -0.144. The highest BCUT2D eigenvalue weighted by Crippen LogP contribution is 2.00. The largest absolute Gasteiger partial charge is 0.444 e. The van der Waals surface area contributed by atoms with Crippen molar-refractivity contribution in [2.75, 3.05) is 6.54 Å². The van der Waals surface area contributed by atoms with Crippen LogP contribution >= 0.6 is 0 Å². The maximum atomic E-state index is 11.1. The van der Waals surface area contributed by atoms with Crippen molar-refractivity contribution in [3.05, 3.63) is 12.2 Å². The van der Waals surface area contributed by atoms with E-state index in [1.54, 1.807) is 6.92 Å². The molecular weight excluding hydrogens is 178 g/mol. The number of carbonyl (C=O) groups excluding carboxylic acids is 1. The van der Waals surface area contributed by atoms with Crippen molar-refractivity contribution in [2.24, 2.45) is 5.92 Å². The van der Waals surface area contributed by atoms with E-state index in [0.29, 0.717) is 11.5 Å². The zero-order valence-electron chi connectivity index (χ0n) is 9.59. The molecule has 0 fully saturated rings. The van der Waals surface area contributed by atoms with Crippen LogP contribution in [0.1, 0.15) is 34.1 Å². The van der Waals surface area contributed by atoms with E-state index in [2.05, 4.69) is 25.7 Å². The summed E-state index contributed by atoms with van der Waals surface area (Å²) < 4.78 is 5.06. The van der Waals surface area contributed by atoms with Crippen molar-refractivity contribution >= 4 is 5.97 Å². The number of nitrogens with one attached hydrogen (secondary N) is 1. The normalized spacial score (nSPS) is 14.6. The summed E-state index contributed by atoms with van der Waals surface area (Å²) >= 11 is 0. The van der Waals surface area contributed by atoms with Gasteiger partial charge in [-0.3, -0.25) is 5.32 Å². The molecule has 0 saturated carbocycles. The minimum Gasteiger partial charge on any atom is -0.444 e. The van der Waals surface area contributed by atoms with Crippen LogP contribution in [0.25, 0.3) is 0 Å². The Morgan fingerprint density at radius 2 is 2.07 bits per heavy atom. The van der Waals surface area contributed by atoms with Gasteiger partial charge >= 0.3 is 5.97 Å². The van der Waals surface area contributed by atoms with Crippen molar-refractivity contribution < 1.29 is 9.53 Å². The van der Waals surface area contributed by atoms with Crippen LogP contribution in [0, 0.1) is 5.92 Å². The van der Waals surface area contributed by atoms with E-state index >= 15 is 0 Å². The topological polar surface area (TPSA) is 38.3 Å². The second-order valence-corrected chi connectivity index (χ2v) is 3.75. The Morgan fingerprint density at radius 3 is 2.50 bits per heavy atom. The highest BCUT2D eigenvalue weighted by molar-refractivity contribution is 5.87. The Morgan fingerprint density at radius 1 is 1.50 bits per heavy atom. The van der Waals surface area contributed by atoms with Gasteiger partial charge < -0.3 is 4.74 Å². The monoisotopic (exact) mass is 199 g/mol. The van der Waals surface area contributed by atoms with E-state index < -0.39 is 0 Å². The fourth-order valence-corrected chi connectivity index (χ4v) is 0.814. The van der Waals surface area contributed by atoms with Crippen LogP contribution in [-0.4, -0.2) is 18.7 Å². The molecule has 3 nitrogen and oxygen atoms in total. The smallest absolute Gasteiger partial charge is 0.334 e. The van der Waals surface area contributed by atoms with Crippen LogP contribution in [0.15, 0.2) is 12.2 Å². The first kappa shape index (κ1) is 13.2. The average Bonchev–Trinajstić information content (AvgIpc) is 2.13. The predicted molar refractivity (Wildman–Crippen MR) is 57.8 cm³/mol. The van der Waals surface area contributed by atoms with E-state index in [1.807, 2.05) is 6.92 Å². The SMILES string of the molecule is C=C(C)C(=O)OC(C)NCC(C)CC. The molecule has 0 saturated heterocycles. The summed E-state index contributed by atoms with van der Waals surface area (Å²) in [6, 6.07) is 0. The predicted octanol–water partition coefficient (Wildman–Crippen LogP) is 2.09. The highest BCUT2D eigenvalue weighted by atomic mass is 16.6. The van der Waals surface area contributed by atoms with Gasteiger partial charge in [0, 0.05) is 12.1 Å². The number of ether oxygens (including phenoxy) is 1. The van der Waals surface area contributed by atoms with Gasteiger partial charge in [0.25, 0.3) is 0 Å². The van der Waals surface area contributed by atoms with E-state index in [9.17, 15) is 4.79 Å². The van der Waals surface area contributed by atoms with Crippen molar-refractivity contribution in [2.45, 2.75) is 40.3 Å². The third-order valence-corrected chi connectivity index (χ3v) is 2.08. The molecule has 0 aliphatic carbocycles. The molecule has 0 amide bonds. The zero-order chi connectivity index (χ0) is 11.1. The summed E-state index contributed by atoms with van der Waals surface area (Å²) in [5.41, 5.74) is 0.433. The molecule has 0 aromatic carbocycles. The molecule has 0 spiro atoms. The van der Waals surface area contributed by atoms with Crippen LogP contribution in [0.2, 0.25) is 0 Å². The molecule has 0 radical (unpaired) electrons. The van der Waals surface area contributed by atoms with Crippen molar-refractivity contribution in [3.8, 4) is 0 Å². The van der Waals surface area contributed by atoms with Crippen molar-refractivity contribution in [1.82, 2.24) is 5.32 Å². The van der Waals surface area contributed by atoms with Gasteiger partial charge in [-0.1, -0.05) is 26.8 Å². The summed E-state index contributed by atoms with van der Waals surface area (Å²) in [4.78, 5) is 11.1. The molecule has 0 heterocycles. The standard InChI is InChI=1S/C11H21NO2/c1-6-9(4)7-12-10(5)14-11(13)8(2)3/h9-10,12H,2,6-7H2,1,3-5H3. The van der Waals surface area contributed by atoms with Gasteiger partial charge in [0.15, 0.2) is 6.23 Å². The molecule has 0 aromatic rings. The third kappa shape index (κ3) is 5.75. The summed E-state index contributed by atoms with van der Waals surface area (Å²) in [7, 11) is 0. The maximum Gasteiger partial charge on any atom is 0.334 e. The molecule has 2 atom stereocenters. The quantitative estimate of drug-likeness (QED) is 0.404. The van der Waals surface area contributed by atoms with Crippen LogP contribution < -0.4 is 5.32 Å². The Labute approximate surface area is 86.5 Å². The molecule has 0 bridgehead atoms. The number of esters is 1.